The molecule has 2 rings (SSSR count). The van der Waals surface area contributed by atoms with Crippen LogP contribution in [0.1, 0.15) is 43.8 Å². The number of aromatic nitrogens is 1. The van der Waals surface area contributed by atoms with Crippen LogP contribution >= 0.6 is 0 Å². The minimum Gasteiger partial charge on any atom is -0.444 e. The molecule has 100 valence electrons. The number of oxazole rings is 1. The molecular weight excluding hydrogens is 230 g/mol. The molecule has 0 aromatic carbocycles. The fourth-order valence-electron chi connectivity index (χ4n) is 2.19. The third-order valence-electron chi connectivity index (χ3n) is 3.12. The van der Waals surface area contributed by atoms with Crippen LogP contribution in [-0.4, -0.2) is 17.0 Å². The van der Waals surface area contributed by atoms with E-state index in [0.717, 1.165) is 5.76 Å². The Kier molecular flexibility index (Phi) is 4.58. The maximum Gasteiger partial charge on any atom is 0.216 e. The van der Waals surface area contributed by atoms with E-state index in [-0.39, 0.29) is 0 Å². The van der Waals surface area contributed by atoms with Gasteiger partial charge in [0, 0.05) is 6.04 Å². The molecule has 0 aliphatic heterocycles. The van der Waals surface area contributed by atoms with Crippen molar-refractivity contribution in [2.75, 3.05) is 0 Å². The van der Waals surface area contributed by atoms with Crippen LogP contribution in [0, 0.1) is 6.92 Å². The minimum absolute atomic E-state index is 0.396. The van der Waals surface area contributed by atoms with E-state index >= 15 is 0 Å². The van der Waals surface area contributed by atoms with Crippen LogP contribution in [-0.2, 0) is 6.54 Å². The lowest BCUT2D eigenvalue weighted by Gasteiger charge is -2.24. The monoisotopic (exact) mass is 251 g/mol. The van der Waals surface area contributed by atoms with E-state index in [1.165, 1.54) is 32.1 Å². The van der Waals surface area contributed by atoms with Crippen LogP contribution in [0.3, 0.4) is 0 Å². The number of aryl methyl sites for hydroxylation is 1. The Hall–Kier alpha value is -1.56. The van der Waals surface area contributed by atoms with Gasteiger partial charge in [-0.1, -0.05) is 19.3 Å². The molecule has 1 aromatic heterocycles. The van der Waals surface area contributed by atoms with Gasteiger partial charge < -0.3 is 9.73 Å². The van der Waals surface area contributed by atoms with Crippen LogP contribution in [0.2, 0.25) is 0 Å². The first kappa shape index (κ1) is 12.9. The zero-order valence-corrected chi connectivity index (χ0v) is 10.8. The van der Waals surface area contributed by atoms with Crippen LogP contribution < -0.4 is 16.6 Å². The second-order valence-corrected chi connectivity index (χ2v) is 4.65. The van der Waals surface area contributed by atoms with E-state index in [9.17, 15) is 0 Å². The molecule has 6 heteroatoms. The third-order valence-corrected chi connectivity index (χ3v) is 3.12. The Morgan fingerprint density at radius 1 is 1.50 bits per heavy atom. The maximum absolute atomic E-state index is 5.46. The van der Waals surface area contributed by atoms with Crippen molar-refractivity contribution in [2.24, 2.45) is 10.8 Å². The molecule has 1 fully saturated rings. The van der Waals surface area contributed by atoms with Crippen LogP contribution in [0.25, 0.3) is 0 Å². The van der Waals surface area contributed by atoms with Crippen molar-refractivity contribution >= 4 is 5.96 Å². The van der Waals surface area contributed by atoms with E-state index in [4.69, 9.17) is 10.3 Å². The number of aliphatic imine (C=N–C) groups is 1. The second-order valence-electron chi connectivity index (χ2n) is 4.65. The van der Waals surface area contributed by atoms with E-state index < -0.39 is 0 Å². The largest absolute Gasteiger partial charge is 0.444 e. The number of nitrogens with two attached hydrogens (primary N) is 1. The minimum atomic E-state index is 0.396. The Morgan fingerprint density at radius 2 is 2.28 bits per heavy atom. The summed E-state index contributed by atoms with van der Waals surface area (Å²) in [6, 6.07) is 0.472. The van der Waals surface area contributed by atoms with Gasteiger partial charge in [-0.05, 0) is 19.8 Å². The van der Waals surface area contributed by atoms with Gasteiger partial charge >= 0.3 is 0 Å². The van der Waals surface area contributed by atoms with Gasteiger partial charge in [-0.15, -0.1) is 0 Å². The fraction of sp³-hybridized carbons (Fsp3) is 0.667. The molecule has 1 aliphatic carbocycles. The molecule has 1 aliphatic rings. The van der Waals surface area contributed by atoms with Crippen molar-refractivity contribution in [3.63, 3.8) is 0 Å². The third kappa shape index (κ3) is 3.73. The van der Waals surface area contributed by atoms with Crippen LogP contribution in [0.5, 0.6) is 0 Å². The lowest BCUT2D eigenvalue weighted by atomic mass is 9.96. The molecule has 0 saturated heterocycles. The number of hydrogen-bond acceptors (Lipinski definition) is 4. The molecule has 0 bridgehead atoms. The molecule has 0 unspecified atom stereocenters. The predicted molar refractivity (Wildman–Crippen MR) is 69.7 cm³/mol. The summed E-state index contributed by atoms with van der Waals surface area (Å²) in [6.07, 6.45) is 7.92. The molecule has 18 heavy (non-hydrogen) atoms. The smallest absolute Gasteiger partial charge is 0.216 e. The first-order valence-electron chi connectivity index (χ1n) is 6.47. The van der Waals surface area contributed by atoms with Gasteiger partial charge in [0.25, 0.3) is 0 Å². The quantitative estimate of drug-likeness (QED) is 0.325. The molecular formula is C12H21N5O. The highest BCUT2D eigenvalue weighted by Gasteiger charge is 2.14. The number of nitrogens with zero attached hydrogens (tertiary/aromatic N) is 2. The summed E-state index contributed by atoms with van der Waals surface area (Å²) >= 11 is 0. The van der Waals surface area contributed by atoms with Crippen molar-refractivity contribution in [1.29, 1.82) is 0 Å². The van der Waals surface area contributed by atoms with Crippen molar-refractivity contribution < 1.29 is 4.42 Å². The van der Waals surface area contributed by atoms with Gasteiger partial charge in [-0.2, -0.15) is 0 Å². The number of nitrogens with one attached hydrogen (secondary N) is 2. The van der Waals surface area contributed by atoms with Crippen molar-refractivity contribution in [2.45, 2.75) is 51.6 Å². The molecule has 0 radical (unpaired) electrons. The average molecular weight is 251 g/mol. The molecule has 6 nitrogen and oxygen atoms in total. The Morgan fingerprint density at radius 3 is 2.89 bits per heavy atom. The predicted octanol–water partition coefficient (Wildman–Crippen LogP) is 1.22. The highest BCUT2D eigenvalue weighted by atomic mass is 16.4. The molecule has 4 N–H and O–H groups in total. The number of hydrazine groups is 1. The lowest BCUT2D eigenvalue weighted by molar-refractivity contribution is 0.409. The van der Waals surface area contributed by atoms with Gasteiger partial charge in [0.15, 0.2) is 0 Å². The number of guanidine groups is 1. The molecule has 1 heterocycles. The van der Waals surface area contributed by atoms with Gasteiger partial charge in [-0.25, -0.2) is 15.8 Å². The van der Waals surface area contributed by atoms with E-state index in [2.05, 4.69) is 20.7 Å². The molecule has 0 atom stereocenters. The highest BCUT2D eigenvalue weighted by molar-refractivity contribution is 5.79. The summed E-state index contributed by atoms with van der Waals surface area (Å²) in [5, 5.41) is 3.33. The summed E-state index contributed by atoms with van der Waals surface area (Å²) < 4.78 is 5.35. The zero-order valence-electron chi connectivity index (χ0n) is 10.8. The van der Waals surface area contributed by atoms with Crippen molar-refractivity contribution in [1.82, 2.24) is 15.7 Å². The maximum atomic E-state index is 5.46. The molecule has 0 spiro atoms. The Bertz CT molecular complexity index is 395. The molecule has 0 amide bonds. The lowest BCUT2D eigenvalue weighted by Crippen LogP contribution is -2.47. The summed E-state index contributed by atoms with van der Waals surface area (Å²) in [5.41, 5.74) is 2.60. The van der Waals surface area contributed by atoms with E-state index in [1.807, 2.05) is 6.92 Å². The van der Waals surface area contributed by atoms with E-state index in [0.29, 0.717) is 24.4 Å². The summed E-state index contributed by atoms with van der Waals surface area (Å²) in [6.45, 7) is 2.26. The summed E-state index contributed by atoms with van der Waals surface area (Å²) in [5.74, 6) is 7.47. The van der Waals surface area contributed by atoms with Crippen LogP contribution in [0.15, 0.2) is 15.6 Å². The zero-order chi connectivity index (χ0) is 12.8. The SMILES string of the molecule is Cc1cnc(CN=C(NN)NC2CCCCC2)o1. The number of rotatable bonds is 3. The van der Waals surface area contributed by atoms with Crippen molar-refractivity contribution in [3.8, 4) is 0 Å². The Balaban J connectivity index is 1.86. The molecule has 1 saturated carbocycles. The average Bonchev–Trinajstić information content (AvgIpc) is 2.81. The molecule has 1 aromatic rings. The van der Waals surface area contributed by atoms with Gasteiger partial charge in [0.1, 0.15) is 12.3 Å². The van der Waals surface area contributed by atoms with Gasteiger partial charge in [0.2, 0.25) is 11.9 Å². The summed E-state index contributed by atoms with van der Waals surface area (Å²) in [7, 11) is 0. The van der Waals surface area contributed by atoms with Crippen molar-refractivity contribution in [3.05, 3.63) is 17.8 Å². The first-order valence-corrected chi connectivity index (χ1v) is 6.47. The first-order chi connectivity index (χ1) is 8.78. The standard InChI is InChI=1S/C12H21N5O/c1-9-7-14-11(18-9)8-15-12(17-13)16-10-5-3-2-4-6-10/h7,10H,2-6,8,13H2,1H3,(H2,15,16,17). The van der Waals surface area contributed by atoms with Crippen LogP contribution in [0.4, 0.5) is 0 Å². The summed E-state index contributed by atoms with van der Waals surface area (Å²) in [4.78, 5) is 8.43. The fourth-order valence-corrected chi connectivity index (χ4v) is 2.19. The topological polar surface area (TPSA) is 88.5 Å². The second kappa shape index (κ2) is 6.39. The van der Waals surface area contributed by atoms with Gasteiger partial charge in [-0.3, -0.25) is 5.43 Å². The normalized spacial score (nSPS) is 17.8. The Labute approximate surface area is 107 Å². The number of hydrogen-bond donors (Lipinski definition) is 3. The van der Waals surface area contributed by atoms with E-state index in [1.54, 1.807) is 6.20 Å². The highest BCUT2D eigenvalue weighted by Crippen LogP contribution is 2.17. The van der Waals surface area contributed by atoms with Gasteiger partial charge in [0.05, 0.1) is 6.20 Å².